The molecular weight excluding hydrogens is 209 g/mol. The van der Waals surface area contributed by atoms with Gasteiger partial charge in [0.1, 0.15) is 0 Å². The molecule has 0 atom stereocenters. The summed E-state index contributed by atoms with van der Waals surface area (Å²) in [5, 5.41) is 0. The van der Waals surface area contributed by atoms with Gasteiger partial charge in [-0.1, -0.05) is 0 Å². The molecule has 0 unspecified atom stereocenters. The fraction of sp³-hybridized carbons (Fsp3) is 0.0833. The van der Waals surface area contributed by atoms with E-state index in [1.165, 1.54) is 13.0 Å². The van der Waals surface area contributed by atoms with E-state index in [-0.39, 0.29) is 5.83 Å². The first-order valence-electron chi connectivity index (χ1n) is 4.60. The van der Waals surface area contributed by atoms with E-state index in [0.717, 1.165) is 15.3 Å². The predicted molar refractivity (Wildman–Crippen MR) is 62.3 cm³/mol. The Labute approximate surface area is 91.9 Å². The van der Waals surface area contributed by atoms with Crippen LogP contribution in [0.25, 0.3) is 16.5 Å². The summed E-state index contributed by atoms with van der Waals surface area (Å²) in [6, 6.07) is 7.81. The van der Waals surface area contributed by atoms with E-state index in [4.69, 9.17) is 0 Å². The zero-order chi connectivity index (χ0) is 10.7. The summed E-state index contributed by atoms with van der Waals surface area (Å²) in [4.78, 5) is 6.02. The number of allylic oxidation sites excluding steroid dienone is 1. The van der Waals surface area contributed by atoms with E-state index in [1.807, 2.05) is 24.3 Å². The van der Waals surface area contributed by atoms with Crippen LogP contribution in [0, 0.1) is 0 Å². The molecule has 0 radical (unpaired) electrons. The van der Waals surface area contributed by atoms with E-state index < -0.39 is 0 Å². The van der Waals surface area contributed by atoms with Crippen molar-refractivity contribution in [3.05, 3.63) is 47.4 Å². The molecule has 0 spiro atoms. The molecule has 3 heteroatoms. The van der Waals surface area contributed by atoms with Crippen LogP contribution in [0.3, 0.4) is 0 Å². The maximum absolute atomic E-state index is 12.7. The Kier molecular flexibility index (Phi) is 2.92. The summed E-state index contributed by atoms with van der Waals surface area (Å²) in [6.45, 7) is 1.45. The highest BCUT2D eigenvalue weighted by Crippen LogP contribution is 2.28. The Morgan fingerprint density at radius 3 is 2.67 bits per heavy atom. The van der Waals surface area contributed by atoms with Crippen LogP contribution in [-0.4, -0.2) is 4.98 Å². The van der Waals surface area contributed by atoms with Gasteiger partial charge < -0.3 is 0 Å². The number of thiophene rings is 1. The molecule has 0 bridgehead atoms. The lowest BCUT2D eigenvalue weighted by molar-refractivity contribution is 0.648. The molecule has 0 fully saturated rings. The maximum Gasteiger partial charge on any atom is 0.0982 e. The van der Waals surface area contributed by atoms with Crippen LogP contribution in [0.4, 0.5) is 4.39 Å². The second-order valence-electron chi connectivity index (χ2n) is 3.17. The van der Waals surface area contributed by atoms with Gasteiger partial charge in [0.05, 0.1) is 5.83 Å². The monoisotopic (exact) mass is 219 g/mol. The van der Waals surface area contributed by atoms with E-state index in [0.29, 0.717) is 0 Å². The second-order valence-corrected chi connectivity index (χ2v) is 4.28. The molecule has 2 aromatic rings. The molecular formula is C12H10FNS. The first-order chi connectivity index (χ1) is 7.25. The smallest absolute Gasteiger partial charge is 0.0982 e. The topological polar surface area (TPSA) is 12.9 Å². The van der Waals surface area contributed by atoms with Gasteiger partial charge in [0.2, 0.25) is 0 Å². The molecule has 2 rings (SSSR count). The van der Waals surface area contributed by atoms with Gasteiger partial charge in [-0.3, -0.25) is 4.98 Å². The van der Waals surface area contributed by atoms with E-state index in [1.54, 1.807) is 23.7 Å². The van der Waals surface area contributed by atoms with Gasteiger partial charge in [-0.2, -0.15) is 0 Å². The lowest BCUT2D eigenvalue weighted by Gasteiger charge is -1.93. The van der Waals surface area contributed by atoms with Crippen molar-refractivity contribution in [1.29, 1.82) is 0 Å². The summed E-state index contributed by atoms with van der Waals surface area (Å²) in [5.74, 6) is -0.168. The standard InChI is InChI=1S/C12H10FNS/c1-9(13)8-11-2-3-12(15-11)10-4-6-14-7-5-10/h2-8H,1H3/b9-8-. The van der Waals surface area contributed by atoms with Crippen LogP contribution in [-0.2, 0) is 0 Å². The zero-order valence-electron chi connectivity index (χ0n) is 8.27. The Morgan fingerprint density at radius 1 is 1.27 bits per heavy atom. The van der Waals surface area contributed by atoms with Crippen molar-refractivity contribution in [2.75, 3.05) is 0 Å². The van der Waals surface area contributed by atoms with Crippen molar-refractivity contribution in [2.45, 2.75) is 6.92 Å². The van der Waals surface area contributed by atoms with Crippen LogP contribution in [0.1, 0.15) is 11.8 Å². The van der Waals surface area contributed by atoms with E-state index in [2.05, 4.69) is 4.98 Å². The molecule has 2 heterocycles. The average Bonchev–Trinajstić information content (AvgIpc) is 2.67. The summed E-state index contributed by atoms with van der Waals surface area (Å²) < 4.78 is 12.7. The first kappa shape index (κ1) is 10.1. The van der Waals surface area contributed by atoms with Crippen LogP contribution in [0.15, 0.2) is 42.5 Å². The molecule has 0 saturated heterocycles. The van der Waals surface area contributed by atoms with Crippen molar-refractivity contribution in [3.8, 4) is 10.4 Å². The molecule has 76 valence electrons. The SMILES string of the molecule is C/C(F)=C/c1ccc(-c2ccncc2)s1. The lowest BCUT2D eigenvalue weighted by Crippen LogP contribution is -1.71. The number of rotatable bonds is 2. The van der Waals surface area contributed by atoms with Crippen molar-refractivity contribution in [3.63, 3.8) is 0 Å². The highest BCUT2D eigenvalue weighted by Gasteiger charge is 2.00. The minimum atomic E-state index is -0.168. The summed E-state index contributed by atoms with van der Waals surface area (Å²) >= 11 is 1.57. The van der Waals surface area contributed by atoms with E-state index >= 15 is 0 Å². The fourth-order valence-corrected chi connectivity index (χ4v) is 2.30. The number of aromatic nitrogens is 1. The summed E-state index contributed by atoms with van der Waals surface area (Å²) in [5.41, 5.74) is 1.12. The minimum absolute atomic E-state index is 0.168. The molecule has 0 aliphatic heterocycles. The molecule has 0 aromatic carbocycles. The third-order valence-corrected chi connectivity index (χ3v) is 3.01. The van der Waals surface area contributed by atoms with Crippen molar-refractivity contribution in [1.82, 2.24) is 4.98 Å². The van der Waals surface area contributed by atoms with Gasteiger partial charge >= 0.3 is 0 Å². The van der Waals surface area contributed by atoms with E-state index in [9.17, 15) is 4.39 Å². The summed E-state index contributed by atoms with van der Waals surface area (Å²) in [7, 11) is 0. The Morgan fingerprint density at radius 2 is 2.00 bits per heavy atom. The zero-order valence-corrected chi connectivity index (χ0v) is 9.09. The maximum atomic E-state index is 12.7. The first-order valence-corrected chi connectivity index (χ1v) is 5.41. The molecule has 0 aliphatic rings. The van der Waals surface area contributed by atoms with Crippen LogP contribution < -0.4 is 0 Å². The van der Waals surface area contributed by atoms with Gasteiger partial charge in [-0.05, 0) is 42.8 Å². The number of halogens is 1. The molecule has 0 aliphatic carbocycles. The highest BCUT2D eigenvalue weighted by molar-refractivity contribution is 7.16. The van der Waals surface area contributed by atoms with Gasteiger partial charge in [0, 0.05) is 22.1 Å². The minimum Gasteiger partial charge on any atom is -0.265 e. The van der Waals surface area contributed by atoms with Gasteiger partial charge in [-0.15, -0.1) is 11.3 Å². The lowest BCUT2D eigenvalue weighted by atomic mass is 10.2. The molecule has 0 saturated carbocycles. The molecule has 0 amide bonds. The number of nitrogens with zero attached hydrogens (tertiary/aromatic N) is 1. The molecule has 15 heavy (non-hydrogen) atoms. The van der Waals surface area contributed by atoms with Gasteiger partial charge in [0.25, 0.3) is 0 Å². The third kappa shape index (κ3) is 2.50. The summed E-state index contributed by atoms with van der Waals surface area (Å²) in [6.07, 6.45) is 5.05. The van der Waals surface area contributed by atoms with Crippen LogP contribution >= 0.6 is 11.3 Å². The van der Waals surface area contributed by atoms with Crippen LogP contribution in [0.5, 0.6) is 0 Å². The Hall–Kier alpha value is -1.48. The molecule has 2 aromatic heterocycles. The van der Waals surface area contributed by atoms with Crippen molar-refractivity contribution >= 4 is 17.4 Å². The largest absolute Gasteiger partial charge is 0.265 e. The Bertz CT molecular complexity index is 469. The van der Waals surface area contributed by atoms with Gasteiger partial charge in [0.15, 0.2) is 0 Å². The number of hydrogen-bond acceptors (Lipinski definition) is 2. The van der Waals surface area contributed by atoms with Crippen molar-refractivity contribution in [2.24, 2.45) is 0 Å². The Balaban J connectivity index is 2.32. The van der Waals surface area contributed by atoms with Crippen LogP contribution in [0.2, 0.25) is 0 Å². The number of hydrogen-bond donors (Lipinski definition) is 0. The van der Waals surface area contributed by atoms with Crippen molar-refractivity contribution < 1.29 is 4.39 Å². The second kappa shape index (κ2) is 4.36. The molecule has 0 N–H and O–H groups in total. The quantitative estimate of drug-likeness (QED) is 0.739. The van der Waals surface area contributed by atoms with Gasteiger partial charge in [-0.25, -0.2) is 4.39 Å². The fourth-order valence-electron chi connectivity index (χ4n) is 1.30. The third-order valence-electron chi connectivity index (χ3n) is 1.93. The average molecular weight is 219 g/mol. The highest BCUT2D eigenvalue weighted by atomic mass is 32.1. The molecule has 1 nitrogen and oxygen atoms in total. The number of pyridine rings is 1. The predicted octanol–water partition coefficient (Wildman–Crippen LogP) is 4.14. The normalized spacial score (nSPS) is 11.7.